The summed E-state index contributed by atoms with van der Waals surface area (Å²) in [5.41, 5.74) is 2.33. The van der Waals surface area contributed by atoms with Gasteiger partial charge >= 0.3 is 0 Å². The summed E-state index contributed by atoms with van der Waals surface area (Å²) in [7, 11) is 0. The van der Waals surface area contributed by atoms with E-state index >= 15 is 0 Å². The van der Waals surface area contributed by atoms with Crippen LogP contribution in [0.1, 0.15) is 5.56 Å². The number of nitrogens with one attached hydrogen (secondary N) is 1. The standard InChI is InChI=1S/C10H6ClN3/c11-9-6-13-14-10(9)8-3-1-7(5-12)2-4-8/h1-4,6H,(H,13,14). The molecule has 0 aliphatic heterocycles. The molecule has 0 amide bonds. The molecule has 68 valence electrons. The summed E-state index contributed by atoms with van der Waals surface area (Å²) in [6, 6.07) is 9.20. The SMILES string of the molecule is N#Cc1ccc(-c2[nH]ncc2Cl)cc1. The van der Waals surface area contributed by atoms with Crippen molar-refractivity contribution < 1.29 is 0 Å². The molecule has 3 nitrogen and oxygen atoms in total. The number of aromatic amines is 1. The van der Waals surface area contributed by atoms with Crippen LogP contribution in [0, 0.1) is 11.3 Å². The topological polar surface area (TPSA) is 52.5 Å². The van der Waals surface area contributed by atoms with Crippen molar-refractivity contribution in [3.63, 3.8) is 0 Å². The molecule has 0 fully saturated rings. The zero-order valence-electron chi connectivity index (χ0n) is 7.16. The second-order valence-electron chi connectivity index (χ2n) is 2.78. The molecule has 1 aromatic heterocycles. The van der Waals surface area contributed by atoms with Crippen molar-refractivity contribution in [1.29, 1.82) is 5.26 Å². The lowest BCUT2D eigenvalue weighted by Crippen LogP contribution is -1.79. The van der Waals surface area contributed by atoms with Crippen LogP contribution in [0.3, 0.4) is 0 Å². The van der Waals surface area contributed by atoms with Gasteiger partial charge in [0.15, 0.2) is 0 Å². The fourth-order valence-electron chi connectivity index (χ4n) is 1.19. The predicted octanol–water partition coefficient (Wildman–Crippen LogP) is 2.60. The van der Waals surface area contributed by atoms with Gasteiger partial charge in [-0.3, -0.25) is 5.10 Å². The number of H-pyrrole nitrogens is 1. The Hall–Kier alpha value is -1.79. The predicted molar refractivity (Wildman–Crippen MR) is 53.7 cm³/mol. The monoisotopic (exact) mass is 203 g/mol. The Bertz CT molecular complexity index is 479. The molecule has 0 aliphatic rings. The largest absolute Gasteiger partial charge is 0.276 e. The maximum absolute atomic E-state index is 8.62. The highest BCUT2D eigenvalue weighted by molar-refractivity contribution is 6.32. The highest BCUT2D eigenvalue weighted by atomic mass is 35.5. The van der Waals surface area contributed by atoms with E-state index < -0.39 is 0 Å². The lowest BCUT2D eigenvalue weighted by atomic mass is 10.1. The molecule has 0 radical (unpaired) electrons. The molecule has 4 heteroatoms. The van der Waals surface area contributed by atoms with Gasteiger partial charge in [-0.1, -0.05) is 23.7 Å². The zero-order chi connectivity index (χ0) is 9.97. The van der Waals surface area contributed by atoms with E-state index in [4.69, 9.17) is 16.9 Å². The summed E-state index contributed by atoms with van der Waals surface area (Å²) in [4.78, 5) is 0. The van der Waals surface area contributed by atoms with Gasteiger partial charge in [0, 0.05) is 5.56 Å². The van der Waals surface area contributed by atoms with Gasteiger partial charge in [-0.05, 0) is 12.1 Å². The summed E-state index contributed by atoms with van der Waals surface area (Å²) < 4.78 is 0. The molecule has 2 rings (SSSR count). The molecule has 1 aromatic carbocycles. The molecule has 0 bridgehead atoms. The molecule has 0 saturated carbocycles. The number of nitriles is 1. The average Bonchev–Trinajstić information content (AvgIpc) is 2.65. The minimum absolute atomic E-state index is 0.578. The highest BCUT2D eigenvalue weighted by Crippen LogP contribution is 2.24. The zero-order valence-corrected chi connectivity index (χ0v) is 7.92. The van der Waals surface area contributed by atoms with Gasteiger partial charge in [0.1, 0.15) is 0 Å². The molecule has 0 unspecified atom stereocenters. The fraction of sp³-hybridized carbons (Fsp3) is 0. The Labute approximate surface area is 85.9 Å². The first-order valence-electron chi connectivity index (χ1n) is 4.00. The van der Waals surface area contributed by atoms with E-state index in [2.05, 4.69) is 16.3 Å². The Kier molecular flexibility index (Phi) is 2.21. The molecule has 0 spiro atoms. The van der Waals surface area contributed by atoms with Crippen molar-refractivity contribution in [2.75, 3.05) is 0 Å². The van der Waals surface area contributed by atoms with Crippen molar-refractivity contribution in [3.05, 3.63) is 41.0 Å². The first-order chi connectivity index (χ1) is 6.81. The molecule has 14 heavy (non-hydrogen) atoms. The number of hydrogen-bond donors (Lipinski definition) is 1. The summed E-state index contributed by atoms with van der Waals surface area (Å²) >= 11 is 5.89. The van der Waals surface area contributed by atoms with E-state index in [-0.39, 0.29) is 0 Å². The highest BCUT2D eigenvalue weighted by Gasteiger charge is 2.04. The van der Waals surface area contributed by atoms with Gasteiger partial charge in [0.05, 0.1) is 28.5 Å². The van der Waals surface area contributed by atoms with E-state index in [1.165, 1.54) is 0 Å². The minimum Gasteiger partial charge on any atom is -0.276 e. The molecule has 0 saturated heterocycles. The molecule has 2 aromatic rings. The van der Waals surface area contributed by atoms with Crippen LogP contribution in [-0.2, 0) is 0 Å². The second kappa shape index (κ2) is 3.52. The molecule has 1 N–H and O–H groups in total. The molecular weight excluding hydrogens is 198 g/mol. The van der Waals surface area contributed by atoms with Gasteiger partial charge in [0.2, 0.25) is 0 Å². The molecule has 1 heterocycles. The lowest BCUT2D eigenvalue weighted by molar-refractivity contribution is 1.10. The number of benzene rings is 1. The van der Waals surface area contributed by atoms with E-state index in [1.54, 1.807) is 18.3 Å². The maximum atomic E-state index is 8.62. The molecule has 0 atom stereocenters. The van der Waals surface area contributed by atoms with Gasteiger partial charge in [-0.25, -0.2) is 0 Å². The fourth-order valence-corrected chi connectivity index (χ4v) is 1.39. The summed E-state index contributed by atoms with van der Waals surface area (Å²) in [5.74, 6) is 0. The van der Waals surface area contributed by atoms with Crippen molar-refractivity contribution in [1.82, 2.24) is 10.2 Å². The Morgan fingerprint density at radius 1 is 1.29 bits per heavy atom. The number of rotatable bonds is 1. The van der Waals surface area contributed by atoms with Crippen LogP contribution in [0.5, 0.6) is 0 Å². The quantitative estimate of drug-likeness (QED) is 0.775. The van der Waals surface area contributed by atoms with Crippen LogP contribution in [0.25, 0.3) is 11.3 Å². The third-order valence-electron chi connectivity index (χ3n) is 1.90. The number of aromatic nitrogens is 2. The van der Waals surface area contributed by atoms with Crippen LogP contribution in [-0.4, -0.2) is 10.2 Å². The van der Waals surface area contributed by atoms with Crippen LogP contribution < -0.4 is 0 Å². The van der Waals surface area contributed by atoms with Crippen LogP contribution in [0.15, 0.2) is 30.5 Å². The number of hydrogen-bond acceptors (Lipinski definition) is 2. The van der Waals surface area contributed by atoms with Crippen molar-refractivity contribution in [3.8, 4) is 17.3 Å². The van der Waals surface area contributed by atoms with Gasteiger partial charge < -0.3 is 0 Å². The van der Waals surface area contributed by atoms with Crippen molar-refractivity contribution in [2.45, 2.75) is 0 Å². The van der Waals surface area contributed by atoms with E-state index in [9.17, 15) is 0 Å². The average molecular weight is 204 g/mol. The first-order valence-corrected chi connectivity index (χ1v) is 4.38. The number of halogens is 1. The summed E-state index contributed by atoms with van der Waals surface area (Å²) in [6.45, 7) is 0. The number of nitrogens with zero attached hydrogens (tertiary/aromatic N) is 2. The van der Waals surface area contributed by atoms with Gasteiger partial charge in [0.25, 0.3) is 0 Å². The van der Waals surface area contributed by atoms with Gasteiger partial charge in [-0.15, -0.1) is 0 Å². The van der Waals surface area contributed by atoms with Crippen LogP contribution >= 0.6 is 11.6 Å². The molecular formula is C10H6ClN3. The van der Waals surface area contributed by atoms with Crippen molar-refractivity contribution in [2.24, 2.45) is 0 Å². The van der Waals surface area contributed by atoms with Crippen molar-refractivity contribution >= 4 is 11.6 Å². The minimum atomic E-state index is 0.578. The first kappa shape index (κ1) is 8.79. The van der Waals surface area contributed by atoms with Crippen LogP contribution in [0.2, 0.25) is 5.02 Å². The van der Waals surface area contributed by atoms with E-state index in [0.717, 1.165) is 11.3 Å². The summed E-state index contributed by atoms with van der Waals surface area (Å²) in [6.07, 6.45) is 1.55. The third kappa shape index (κ3) is 1.48. The second-order valence-corrected chi connectivity index (χ2v) is 3.19. The Morgan fingerprint density at radius 2 is 2.00 bits per heavy atom. The normalized spacial score (nSPS) is 9.71. The summed E-state index contributed by atoms with van der Waals surface area (Å²) in [5, 5.41) is 15.8. The molecule has 0 aliphatic carbocycles. The Balaban J connectivity index is 2.45. The lowest BCUT2D eigenvalue weighted by Gasteiger charge is -1.97. The van der Waals surface area contributed by atoms with Gasteiger partial charge in [-0.2, -0.15) is 10.4 Å². The van der Waals surface area contributed by atoms with E-state index in [1.807, 2.05) is 12.1 Å². The van der Waals surface area contributed by atoms with Crippen LogP contribution in [0.4, 0.5) is 0 Å². The third-order valence-corrected chi connectivity index (χ3v) is 2.18. The Morgan fingerprint density at radius 3 is 2.50 bits per heavy atom. The maximum Gasteiger partial charge on any atom is 0.0991 e. The van der Waals surface area contributed by atoms with E-state index in [0.29, 0.717) is 10.6 Å². The smallest absolute Gasteiger partial charge is 0.0991 e.